The lowest BCUT2D eigenvalue weighted by Crippen LogP contribution is -2.47. The number of ether oxygens (including phenoxy) is 3. The monoisotopic (exact) mass is 532 g/mol. The van der Waals surface area contributed by atoms with E-state index < -0.39 is 0 Å². The fourth-order valence-corrected chi connectivity index (χ4v) is 4.22. The fraction of sp³-hybridized carbons (Fsp3) is 0.682. The highest BCUT2D eigenvalue weighted by Gasteiger charge is 2.31. The van der Waals surface area contributed by atoms with Crippen LogP contribution in [0.25, 0.3) is 0 Å². The number of hydrogen-bond donors (Lipinski definition) is 1. The smallest absolute Gasteiger partial charge is 0.193 e. The number of halogens is 1. The first-order valence-electron chi connectivity index (χ1n) is 10.5. The van der Waals surface area contributed by atoms with Crippen molar-refractivity contribution in [3.8, 4) is 11.5 Å². The van der Waals surface area contributed by atoms with Gasteiger partial charge >= 0.3 is 0 Å². The molecule has 30 heavy (non-hydrogen) atoms. The number of rotatable bonds is 6. The number of aliphatic imine (C=N–C) groups is 1. The third-order valence-corrected chi connectivity index (χ3v) is 5.92. The third-order valence-electron chi connectivity index (χ3n) is 5.92. The predicted octanol–water partition coefficient (Wildman–Crippen LogP) is 3.00. The summed E-state index contributed by atoms with van der Waals surface area (Å²) in [6.07, 6.45) is 1.19. The van der Waals surface area contributed by atoms with Gasteiger partial charge in [-0.15, -0.1) is 24.0 Å². The molecule has 8 heteroatoms. The van der Waals surface area contributed by atoms with Crippen LogP contribution in [0.5, 0.6) is 11.5 Å². The summed E-state index contributed by atoms with van der Waals surface area (Å²) in [4.78, 5) is 9.39. The summed E-state index contributed by atoms with van der Waals surface area (Å²) in [5.74, 6) is 2.49. The Balaban J connectivity index is 0.00000320. The number of nitrogens with one attached hydrogen (secondary N) is 1. The van der Waals surface area contributed by atoms with E-state index >= 15 is 0 Å². The molecule has 0 amide bonds. The van der Waals surface area contributed by atoms with E-state index in [1.807, 2.05) is 13.1 Å². The predicted molar refractivity (Wildman–Crippen MR) is 131 cm³/mol. The van der Waals surface area contributed by atoms with Gasteiger partial charge in [-0.3, -0.25) is 9.89 Å². The summed E-state index contributed by atoms with van der Waals surface area (Å²) in [5, 5.41) is 3.63. The van der Waals surface area contributed by atoms with Gasteiger partial charge in [0.2, 0.25) is 0 Å². The molecule has 2 heterocycles. The molecule has 0 aromatic heterocycles. The van der Waals surface area contributed by atoms with Crippen LogP contribution in [-0.2, 0) is 4.74 Å². The van der Waals surface area contributed by atoms with Gasteiger partial charge in [0.1, 0.15) is 0 Å². The zero-order valence-corrected chi connectivity index (χ0v) is 21.3. The number of nitrogens with zero attached hydrogens (tertiary/aromatic N) is 3. The Bertz CT molecular complexity index is 708. The van der Waals surface area contributed by atoms with Gasteiger partial charge in [0.25, 0.3) is 0 Å². The normalized spacial score (nSPS) is 20.4. The second-order valence-electron chi connectivity index (χ2n) is 8.54. The lowest BCUT2D eigenvalue weighted by atomic mass is 9.93. The summed E-state index contributed by atoms with van der Waals surface area (Å²) >= 11 is 0. The van der Waals surface area contributed by atoms with E-state index in [-0.39, 0.29) is 30.0 Å². The van der Waals surface area contributed by atoms with Gasteiger partial charge in [0.05, 0.1) is 33.5 Å². The molecule has 7 nitrogen and oxygen atoms in total. The molecule has 170 valence electrons. The van der Waals surface area contributed by atoms with E-state index in [0.29, 0.717) is 5.41 Å². The zero-order valence-electron chi connectivity index (χ0n) is 18.9. The molecule has 1 unspecified atom stereocenters. The molecule has 2 aliphatic rings. The van der Waals surface area contributed by atoms with E-state index in [4.69, 9.17) is 14.2 Å². The minimum Gasteiger partial charge on any atom is -0.493 e. The van der Waals surface area contributed by atoms with Crippen molar-refractivity contribution in [3.63, 3.8) is 0 Å². The van der Waals surface area contributed by atoms with Gasteiger partial charge in [-0.25, -0.2) is 0 Å². The summed E-state index contributed by atoms with van der Waals surface area (Å²) in [6, 6.07) is 6.40. The van der Waals surface area contributed by atoms with E-state index in [9.17, 15) is 0 Å². The Morgan fingerprint density at radius 2 is 1.87 bits per heavy atom. The Morgan fingerprint density at radius 1 is 1.17 bits per heavy atom. The maximum atomic E-state index is 5.58. The van der Waals surface area contributed by atoms with Gasteiger partial charge < -0.3 is 24.4 Å². The van der Waals surface area contributed by atoms with Crippen molar-refractivity contribution < 1.29 is 14.2 Å². The molecule has 0 aliphatic carbocycles. The largest absolute Gasteiger partial charge is 0.493 e. The summed E-state index contributed by atoms with van der Waals surface area (Å²) in [5.41, 5.74) is 1.54. The van der Waals surface area contributed by atoms with Gasteiger partial charge in [-0.2, -0.15) is 0 Å². The van der Waals surface area contributed by atoms with Gasteiger partial charge in [0.15, 0.2) is 17.5 Å². The van der Waals surface area contributed by atoms with Crippen LogP contribution in [0.3, 0.4) is 0 Å². The Hall–Kier alpha value is -1.26. The molecule has 2 aliphatic heterocycles. The second-order valence-corrected chi connectivity index (χ2v) is 8.54. The first-order valence-corrected chi connectivity index (χ1v) is 10.5. The van der Waals surface area contributed by atoms with Crippen LogP contribution < -0.4 is 14.8 Å². The average molecular weight is 532 g/mol. The van der Waals surface area contributed by atoms with E-state index in [2.05, 4.69) is 46.1 Å². The topological polar surface area (TPSA) is 58.6 Å². The summed E-state index contributed by atoms with van der Waals surface area (Å²) in [7, 11) is 5.22. The number of hydrogen-bond acceptors (Lipinski definition) is 5. The van der Waals surface area contributed by atoms with Gasteiger partial charge in [-0.05, 0) is 29.5 Å². The molecule has 0 spiro atoms. The number of likely N-dealkylation sites (tertiary alicyclic amines) is 1. The molecule has 3 rings (SSSR count). The maximum Gasteiger partial charge on any atom is 0.193 e. The lowest BCUT2D eigenvalue weighted by molar-refractivity contribution is 0.0168. The van der Waals surface area contributed by atoms with Crippen molar-refractivity contribution in [2.24, 2.45) is 10.4 Å². The lowest BCUT2D eigenvalue weighted by Gasteiger charge is -2.36. The van der Waals surface area contributed by atoms with Crippen molar-refractivity contribution in [1.29, 1.82) is 0 Å². The Labute approximate surface area is 198 Å². The number of morpholine rings is 1. The van der Waals surface area contributed by atoms with Crippen molar-refractivity contribution in [2.45, 2.75) is 26.3 Å². The molecular formula is C22H37IN4O3. The average Bonchev–Trinajstić information content (AvgIpc) is 3.11. The molecule has 0 bridgehead atoms. The zero-order chi connectivity index (χ0) is 20.9. The minimum atomic E-state index is 0. The van der Waals surface area contributed by atoms with Crippen molar-refractivity contribution >= 4 is 29.9 Å². The molecule has 0 radical (unpaired) electrons. The van der Waals surface area contributed by atoms with Crippen molar-refractivity contribution in [2.75, 3.05) is 67.2 Å². The number of methoxy groups -OCH3 is 2. The molecule has 1 aromatic rings. The van der Waals surface area contributed by atoms with Crippen LogP contribution in [-0.4, -0.2) is 83.0 Å². The molecule has 2 fully saturated rings. The number of guanidine groups is 1. The van der Waals surface area contributed by atoms with Crippen LogP contribution in [0.2, 0.25) is 0 Å². The Kier molecular flexibility index (Phi) is 9.49. The van der Waals surface area contributed by atoms with Crippen LogP contribution >= 0.6 is 24.0 Å². The Morgan fingerprint density at radius 3 is 2.43 bits per heavy atom. The van der Waals surface area contributed by atoms with Gasteiger partial charge in [0, 0.05) is 39.8 Å². The number of benzene rings is 1. The second kappa shape index (κ2) is 11.4. The van der Waals surface area contributed by atoms with E-state index in [1.165, 1.54) is 12.0 Å². The van der Waals surface area contributed by atoms with Crippen molar-refractivity contribution in [3.05, 3.63) is 23.8 Å². The van der Waals surface area contributed by atoms with E-state index in [0.717, 1.165) is 63.4 Å². The summed E-state index contributed by atoms with van der Waals surface area (Å²) in [6.45, 7) is 10.8. The highest BCUT2D eigenvalue weighted by Crippen LogP contribution is 2.32. The maximum absolute atomic E-state index is 5.58. The molecule has 1 N–H and O–H groups in total. The quantitative estimate of drug-likeness (QED) is 0.346. The molecule has 1 atom stereocenters. The SMILES string of the molecule is CN=C(NCC(c1ccc(OC)c(OC)c1)N1CCOCC1)N1CCC(C)(C)C1.I. The summed E-state index contributed by atoms with van der Waals surface area (Å²) < 4.78 is 16.5. The van der Waals surface area contributed by atoms with E-state index in [1.54, 1.807) is 14.2 Å². The van der Waals surface area contributed by atoms with Crippen LogP contribution in [0.4, 0.5) is 0 Å². The standard InChI is InChI=1S/C22H36N4O3.HI/c1-22(2)8-9-26(16-22)21(23-3)24-15-18(25-10-12-29-13-11-25)17-6-7-19(27-4)20(14-17)28-5;/h6-7,14,18H,8-13,15-16H2,1-5H3,(H,23,24);1H. The first kappa shape index (κ1) is 25.0. The van der Waals surface area contributed by atoms with Crippen LogP contribution in [0.1, 0.15) is 31.9 Å². The molecule has 0 saturated carbocycles. The molecular weight excluding hydrogens is 495 g/mol. The first-order chi connectivity index (χ1) is 14.0. The fourth-order valence-electron chi connectivity index (χ4n) is 4.22. The van der Waals surface area contributed by atoms with Crippen LogP contribution in [0.15, 0.2) is 23.2 Å². The highest BCUT2D eigenvalue weighted by molar-refractivity contribution is 14.0. The molecule has 1 aromatic carbocycles. The van der Waals surface area contributed by atoms with Crippen molar-refractivity contribution in [1.82, 2.24) is 15.1 Å². The third kappa shape index (κ3) is 6.13. The van der Waals surface area contributed by atoms with Gasteiger partial charge in [-0.1, -0.05) is 19.9 Å². The van der Waals surface area contributed by atoms with Crippen LogP contribution in [0, 0.1) is 5.41 Å². The molecule has 2 saturated heterocycles. The minimum absolute atomic E-state index is 0. The highest BCUT2D eigenvalue weighted by atomic mass is 127.